The molecule has 1 heterocycles. The molecule has 1 aromatic carbocycles. The van der Waals surface area contributed by atoms with E-state index in [1.165, 1.54) is 6.20 Å². The summed E-state index contributed by atoms with van der Waals surface area (Å²) < 4.78 is 13.2. The SMILES string of the molecule is C=C(N=C(C)Cl)NC(C)c1cccc(NC(=O)c2cncc(F)c2)c1. The molecule has 25 heavy (non-hydrogen) atoms. The number of hydrogen-bond donors (Lipinski definition) is 2. The summed E-state index contributed by atoms with van der Waals surface area (Å²) in [6.07, 6.45) is 2.35. The Hall–Kier alpha value is -2.73. The monoisotopic (exact) mass is 360 g/mol. The van der Waals surface area contributed by atoms with Crippen molar-refractivity contribution in [2.75, 3.05) is 5.32 Å². The number of rotatable bonds is 6. The van der Waals surface area contributed by atoms with Gasteiger partial charge in [0.25, 0.3) is 5.91 Å². The first-order valence-corrected chi connectivity index (χ1v) is 7.91. The van der Waals surface area contributed by atoms with Crippen molar-refractivity contribution >= 4 is 28.4 Å². The first-order valence-electron chi connectivity index (χ1n) is 7.53. The Morgan fingerprint density at radius 3 is 2.80 bits per heavy atom. The van der Waals surface area contributed by atoms with Crippen molar-refractivity contribution in [2.24, 2.45) is 4.99 Å². The second-order valence-corrected chi connectivity index (χ2v) is 5.94. The highest BCUT2D eigenvalue weighted by Gasteiger charge is 2.10. The number of benzene rings is 1. The standard InChI is InChI=1S/C18H18ClFN4O/c1-11(22-13(3)23-12(2)19)14-5-4-6-17(8-14)24-18(25)15-7-16(20)10-21-9-15/h4-11,22H,3H2,1-2H3,(H,24,25). The molecule has 2 N–H and O–H groups in total. The minimum atomic E-state index is -0.562. The molecule has 2 aromatic rings. The van der Waals surface area contributed by atoms with Crippen molar-refractivity contribution in [1.82, 2.24) is 10.3 Å². The molecule has 0 saturated heterocycles. The van der Waals surface area contributed by atoms with Crippen LogP contribution in [0.25, 0.3) is 0 Å². The van der Waals surface area contributed by atoms with Gasteiger partial charge in [0, 0.05) is 17.9 Å². The van der Waals surface area contributed by atoms with Crippen molar-refractivity contribution < 1.29 is 9.18 Å². The van der Waals surface area contributed by atoms with Crippen molar-refractivity contribution in [1.29, 1.82) is 0 Å². The fraction of sp³-hybridized carbons (Fsp3) is 0.167. The molecular formula is C18H18ClFN4O. The number of nitrogens with one attached hydrogen (secondary N) is 2. The third kappa shape index (κ3) is 5.69. The van der Waals surface area contributed by atoms with Gasteiger partial charge in [0.15, 0.2) is 0 Å². The summed E-state index contributed by atoms with van der Waals surface area (Å²) in [5.41, 5.74) is 1.65. The summed E-state index contributed by atoms with van der Waals surface area (Å²) in [6, 6.07) is 8.31. The number of hydrogen-bond acceptors (Lipinski definition) is 4. The number of carbonyl (C=O) groups excluding carboxylic acids is 1. The minimum Gasteiger partial charge on any atom is -0.364 e. The van der Waals surface area contributed by atoms with Gasteiger partial charge in [0.05, 0.1) is 11.8 Å². The number of pyridine rings is 1. The van der Waals surface area contributed by atoms with Crippen molar-refractivity contribution in [3.8, 4) is 0 Å². The van der Waals surface area contributed by atoms with E-state index in [1.807, 2.05) is 25.1 Å². The maximum absolute atomic E-state index is 13.2. The van der Waals surface area contributed by atoms with Crippen LogP contribution in [0.3, 0.4) is 0 Å². The summed E-state index contributed by atoms with van der Waals surface area (Å²) in [4.78, 5) is 19.9. The van der Waals surface area contributed by atoms with E-state index >= 15 is 0 Å². The Labute approximate surface area is 150 Å². The van der Waals surface area contributed by atoms with Crippen LogP contribution in [0.4, 0.5) is 10.1 Å². The molecule has 0 aliphatic carbocycles. The third-order valence-electron chi connectivity index (χ3n) is 3.28. The highest BCUT2D eigenvalue weighted by Crippen LogP contribution is 2.19. The van der Waals surface area contributed by atoms with Crippen molar-refractivity contribution in [3.05, 3.63) is 72.1 Å². The first kappa shape index (κ1) is 18.6. The Balaban J connectivity index is 2.09. The number of nitrogens with zero attached hydrogens (tertiary/aromatic N) is 2. The molecule has 5 nitrogen and oxygen atoms in total. The van der Waals surface area contributed by atoms with Gasteiger partial charge < -0.3 is 10.6 Å². The number of anilines is 1. The van der Waals surface area contributed by atoms with E-state index in [2.05, 4.69) is 27.2 Å². The first-order chi connectivity index (χ1) is 11.8. The second kappa shape index (κ2) is 8.39. The third-order valence-corrected chi connectivity index (χ3v) is 3.37. The van der Waals surface area contributed by atoms with Gasteiger partial charge in [-0.15, -0.1) is 0 Å². The van der Waals surface area contributed by atoms with Crippen LogP contribution in [-0.2, 0) is 0 Å². The summed E-state index contributed by atoms with van der Waals surface area (Å²) in [5, 5.41) is 6.21. The summed E-state index contributed by atoms with van der Waals surface area (Å²) in [5.74, 6) is -0.551. The zero-order valence-corrected chi connectivity index (χ0v) is 14.6. The van der Waals surface area contributed by atoms with Crippen LogP contribution in [0.2, 0.25) is 0 Å². The topological polar surface area (TPSA) is 66.4 Å². The van der Waals surface area contributed by atoms with Crippen LogP contribution in [0.15, 0.2) is 60.1 Å². The lowest BCUT2D eigenvalue weighted by Crippen LogP contribution is -2.17. The van der Waals surface area contributed by atoms with Crippen LogP contribution in [0, 0.1) is 5.82 Å². The predicted molar refractivity (Wildman–Crippen MR) is 98.2 cm³/mol. The van der Waals surface area contributed by atoms with Crippen molar-refractivity contribution in [2.45, 2.75) is 19.9 Å². The van der Waals surface area contributed by atoms with Gasteiger partial charge in [0.2, 0.25) is 0 Å². The van der Waals surface area contributed by atoms with Gasteiger partial charge >= 0.3 is 0 Å². The van der Waals surface area contributed by atoms with Gasteiger partial charge in [0.1, 0.15) is 16.8 Å². The van der Waals surface area contributed by atoms with Crippen LogP contribution in [-0.4, -0.2) is 16.1 Å². The second-order valence-electron chi connectivity index (χ2n) is 5.39. The smallest absolute Gasteiger partial charge is 0.257 e. The van der Waals surface area contributed by atoms with Gasteiger partial charge in [-0.05, 0) is 37.6 Å². The van der Waals surface area contributed by atoms with Gasteiger partial charge in [-0.2, -0.15) is 0 Å². The fourth-order valence-electron chi connectivity index (χ4n) is 2.18. The number of amides is 1. The zero-order chi connectivity index (χ0) is 18.4. The number of carbonyl (C=O) groups is 1. The molecule has 1 aromatic heterocycles. The predicted octanol–water partition coefficient (Wildman–Crippen LogP) is 4.25. The van der Waals surface area contributed by atoms with E-state index in [4.69, 9.17) is 11.6 Å². The molecule has 0 fully saturated rings. The molecule has 7 heteroatoms. The average Bonchev–Trinajstić information content (AvgIpc) is 2.54. The van der Waals surface area contributed by atoms with E-state index in [-0.39, 0.29) is 11.6 Å². The van der Waals surface area contributed by atoms with E-state index in [0.29, 0.717) is 16.7 Å². The maximum Gasteiger partial charge on any atom is 0.257 e. The number of halogens is 2. The molecular weight excluding hydrogens is 343 g/mol. The molecule has 1 amide bonds. The lowest BCUT2D eigenvalue weighted by Gasteiger charge is -2.16. The molecule has 130 valence electrons. The largest absolute Gasteiger partial charge is 0.364 e. The average molecular weight is 361 g/mol. The van der Waals surface area contributed by atoms with E-state index < -0.39 is 11.7 Å². The fourth-order valence-corrected chi connectivity index (χ4v) is 2.28. The highest BCUT2D eigenvalue weighted by atomic mass is 35.5. The Morgan fingerprint density at radius 2 is 2.12 bits per heavy atom. The molecule has 0 bridgehead atoms. The van der Waals surface area contributed by atoms with Gasteiger partial charge in [-0.25, -0.2) is 9.38 Å². The number of aliphatic imine (C=N–C) groups is 1. The van der Waals surface area contributed by atoms with E-state index in [1.54, 1.807) is 13.0 Å². The molecule has 0 aliphatic heterocycles. The summed E-state index contributed by atoms with van der Waals surface area (Å²) >= 11 is 5.72. The normalized spacial score (nSPS) is 12.4. The quantitative estimate of drug-likeness (QED) is 0.757. The van der Waals surface area contributed by atoms with Crippen molar-refractivity contribution in [3.63, 3.8) is 0 Å². The minimum absolute atomic E-state index is 0.0973. The molecule has 1 atom stereocenters. The molecule has 0 spiro atoms. The molecule has 0 saturated carbocycles. The maximum atomic E-state index is 13.2. The van der Waals surface area contributed by atoms with Crippen LogP contribution in [0.1, 0.15) is 35.8 Å². The summed E-state index contributed by atoms with van der Waals surface area (Å²) in [7, 11) is 0. The Morgan fingerprint density at radius 1 is 1.36 bits per heavy atom. The highest BCUT2D eigenvalue weighted by molar-refractivity contribution is 6.64. The van der Waals surface area contributed by atoms with Crippen LogP contribution < -0.4 is 10.6 Å². The zero-order valence-electron chi connectivity index (χ0n) is 13.9. The number of aromatic nitrogens is 1. The van der Waals surface area contributed by atoms with Crippen LogP contribution >= 0.6 is 11.6 Å². The van der Waals surface area contributed by atoms with Gasteiger partial charge in [-0.3, -0.25) is 9.78 Å². The van der Waals surface area contributed by atoms with E-state index in [9.17, 15) is 9.18 Å². The Kier molecular flexibility index (Phi) is 6.25. The summed E-state index contributed by atoms with van der Waals surface area (Å²) in [6.45, 7) is 7.38. The molecule has 0 aliphatic rings. The Bertz CT molecular complexity index is 818. The van der Waals surface area contributed by atoms with Gasteiger partial charge in [-0.1, -0.05) is 30.3 Å². The lowest BCUT2D eigenvalue weighted by molar-refractivity contribution is 0.102. The molecule has 2 rings (SSSR count). The van der Waals surface area contributed by atoms with E-state index in [0.717, 1.165) is 17.8 Å². The van der Waals surface area contributed by atoms with Crippen LogP contribution in [0.5, 0.6) is 0 Å². The lowest BCUT2D eigenvalue weighted by atomic mass is 10.1. The molecule has 0 radical (unpaired) electrons. The molecule has 1 unspecified atom stereocenters.